The lowest BCUT2D eigenvalue weighted by Crippen LogP contribution is -2.70. The van der Waals surface area contributed by atoms with Crippen LogP contribution >= 0.6 is 23.4 Å². The van der Waals surface area contributed by atoms with Crippen LogP contribution in [0, 0.1) is 17.8 Å². The van der Waals surface area contributed by atoms with E-state index in [0.29, 0.717) is 48.8 Å². The quantitative estimate of drug-likeness (QED) is 0.0274. The van der Waals surface area contributed by atoms with Gasteiger partial charge in [0.05, 0.1) is 37.3 Å². The number of unbranched alkanes of at least 4 members (excludes halogenated alkanes) is 2. The van der Waals surface area contributed by atoms with Gasteiger partial charge in [-0.05, 0) is 121 Å². The fraction of sp³-hybridized carbons (Fsp3) is 0.472. The summed E-state index contributed by atoms with van der Waals surface area (Å²) in [5, 5.41) is 27.1. The van der Waals surface area contributed by atoms with E-state index in [4.69, 9.17) is 45.3 Å². The monoisotopic (exact) mass is 938 g/mol. The lowest BCUT2D eigenvalue weighted by molar-refractivity contribution is -0.256. The Bertz CT molecular complexity index is 2310. The van der Waals surface area contributed by atoms with E-state index in [1.807, 2.05) is 66.9 Å². The van der Waals surface area contributed by atoms with Gasteiger partial charge in [-0.2, -0.15) is 0 Å². The molecule has 7 atom stereocenters. The fourth-order valence-corrected chi connectivity index (χ4v) is 11.0. The second-order valence-corrected chi connectivity index (χ2v) is 18.8. The summed E-state index contributed by atoms with van der Waals surface area (Å²) in [6.45, 7) is 5.18. The van der Waals surface area contributed by atoms with Crippen LogP contribution in [-0.4, -0.2) is 90.2 Å². The van der Waals surface area contributed by atoms with E-state index < -0.39 is 30.1 Å². The van der Waals surface area contributed by atoms with Crippen LogP contribution in [0.15, 0.2) is 119 Å². The average molecular weight is 940 g/mol. The number of rotatable bonds is 21. The molecule has 1 saturated carbocycles. The predicted octanol–water partition coefficient (Wildman–Crippen LogP) is 11.4. The molecule has 1 saturated heterocycles. The molecule has 4 aromatic carbocycles. The molecule has 0 aromatic heterocycles. The molecular weight excluding hydrogens is 876 g/mol. The summed E-state index contributed by atoms with van der Waals surface area (Å²) in [7, 11) is 0. The van der Waals surface area contributed by atoms with Crippen LogP contribution in [0.25, 0.3) is 10.8 Å². The Balaban J connectivity index is 1.34. The van der Waals surface area contributed by atoms with Gasteiger partial charge < -0.3 is 38.7 Å². The molecule has 0 radical (unpaired) electrons. The van der Waals surface area contributed by atoms with Crippen molar-refractivity contribution < 1.29 is 43.5 Å². The zero-order valence-corrected chi connectivity index (χ0v) is 39.4. The molecule has 2 aliphatic carbocycles. The molecule has 0 bridgehead atoms. The van der Waals surface area contributed by atoms with Crippen LogP contribution in [0.4, 0.5) is 4.79 Å². The topological polar surface area (TPSA) is 129 Å². The Labute approximate surface area is 398 Å². The zero-order chi connectivity index (χ0) is 45.9. The summed E-state index contributed by atoms with van der Waals surface area (Å²) in [5.74, 6) is -0.00916. The maximum Gasteiger partial charge on any atom is 0.410 e. The summed E-state index contributed by atoms with van der Waals surface area (Å²) in [4.78, 5) is 24.1. The minimum Gasteiger partial charge on any atom is -0.459 e. The maximum atomic E-state index is 14.9. The second-order valence-electron chi connectivity index (χ2n) is 17.5. The average Bonchev–Trinajstić information content (AvgIpc) is 3.35. The molecule has 2 fully saturated rings. The minimum absolute atomic E-state index is 0.00880. The van der Waals surface area contributed by atoms with Crippen LogP contribution in [0.2, 0.25) is 0 Å². The first-order valence-corrected chi connectivity index (χ1v) is 25.3. The summed E-state index contributed by atoms with van der Waals surface area (Å²) in [5.41, 5.74) is 3.51. The number of ether oxygens (including phenoxy) is 5. The SMILES string of the molecule is C=CCOC12Oc3ccc(Oc4ccc(SC)cc4)cc3C3C(CCCCO)C(CCCCO)C=C(C(=NOC4CCCCO4)CC1N(Cc1cccc4ccccc14)C(=O)OCCCl)C32. The first-order valence-electron chi connectivity index (χ1n) is 23.5. The van der Waals surface area contributed by atoms with Crippen molar-refractivity contribution >= 4 is 45.9 Å². The molecule has 4 aliphatic rings. The van der Waals surface area contributed by atoms with E-state index >= 15 is 0 Å². The van der Waals surface area contributed by atoms with Gasteiger partial charge in [-0.3, -0.25) is 4.90 Å². The number of fused-ring (bicyclic) bond motifs is 3. The highest BCUT2D eigenvalue weighted by Crippen LogP contribution is 2.62. The number of hydrogen-bond acceptors (Lipinski definition) is 11. The maximum absolute atomic E-state index is 14.9. The Hall–Kier alpha value is -4.56. The van der Waals surface area contributed by atoms with Crippen molar-refractivity contribution in [2.24, 2.45) is 22.9 Å². The number of hydrogen-bond donors (Lipinski definition) is 2. The Kier molecular flexibility index (Phi) is 16.7. The normalized spacial score (nSPS) is 25.0. The van der Waals surface area contributed by atoms with E-state index in [-0.39, 0.29) is 63.0 Å². The first kappa shape index (κ1) is 47.9. The van der Waals surface area contributed by atoms with E-state index in [0.717, 1.165) is 70.9 Å². The van der Waals surface area contributed by atoms with Gasteiger partial charge in [-0.15, -0.1) is 29.9 Å². The molecule has 7 unspecified atom stereocenters. The number of carbonyl (C=O) groups is 1. The van der Waals surface area contributed by atoms with E-state index in [1.54, 1.807) is 22.7 Å². The fourth-order valence-electron chi connectivity index (χ4n) is 10.5. The molecule has 1 amide bonds. The van der Waals surface area contributed by atoms with Crippen molar-refractivity contribution in [2.75, 3.05) is 45.2 Å². The largest absolute Gasteiger partial charge is 0.459 e. The van der Waals surface area contributed by atoms with Crippen molar-refractivity contribution in [3.63, 3.8) is 0 Å². The Morgan fingerprint density at radius 3 is 2.53 bits per heavy atom. The van der Waals surface area contributed by atoms with Crippen molar-refractivity contribution in [3.8, 4) is 17.2 Å². The number of oxime groups is 1. The molecule has 2 heterocycles. The molecule has 2 aliphatic heterocycles. The zero-order valence-electron chi connectivity index (χ0n) is 37.9. The predicted molar refractivity (Wildman–Crippen MR) is 259 cm³/mol. The molecule has 4 aromatic rings. The molecule has 11 nitrogen and oxygen atoms in total. The van der Waals surface area contributed by atoms with Crippen LogP contribution in [0.1, 0.15) is 81.3 Å². The van der Waals surface area contributed by atoms with Crippen LogP contribution in [0.3, 0.4) is 0 Å². The number of thioether (sulfide) groups is 1. The van der Waals surface area contributed by atoms with Crippen LogP contribution < -0.4 is 9.47 Å². The molecular formula is C53H63ClN2O9S. The number of halogens is 1. The highest BCUT2D eigenvalue weighted by Gasteiger charge is 2.66. The summed E-state index contributed by atoms with van der Waals surface area (Å²) in [6, 6.07) is 27.5. The number of alkyl halides is 1. The summed E-state index contributed by atoms with van der Waals surface area (Å²) < 4.78 is 33.3. The van der Waals surface area contributed by atoms with Crippen LogP contribution in [-0.2, 0) is 25.6 Å². The number of nitrogens with zero attached hydrogens (tertiary/aromatic N) is 2. The van der Waals surface area contributed by atoms with Gasteiger partial charge in [0.2, 0.25) is 12.1 Å². The van der Waals surface area contributed by atoms with E-state index in [1.165, 1.54) is 0 Å². The number of carbonyl (C=O) groups excluding carboxylic acids is 1. The van der Waals surface area contributed by atoms with Gasteiger partial charge >= 0.3 is 6.09 Å². The number of aliphatic hydroxyl groups is 2. The summed E-state index contributed by atoms with van der Waals surface area (Å²) in [6.07, 6.45) is 12.5. The third-order valence-corrected chi connectivity index (χ3v) is 14.4. The van der Waals surface area contributed by atoms with Gasteiger partial charge in [0.1, 0.15) is 29.9 Å². The third kappa shape index (κ3) is 10.6. The van der Waals surface area contributed by atoms with Gasteiger partial charge in [-0.1, -0.05) is 72.6 Å². The van der Waals surface area contributed by atoms with Crippen molar-refractivity contribution in [2.45, 2.75) is 99.7 Å². The first-order chi connectivity index (χ1) is 32.4. The third-order valence-electron chi connectivity index (χ3n) is 13.5. The molecule has 0 spiro atoms. The number of allylic oxidation sites excluding steroid dienone is 1. The number of aliphatic hydroxyl groups excluding tert-OH is 2. The van der Waals surface area contributed by atoms with Crippen molar-refractivity contribution in [1.82, 2.24) is 4.90 Å². The smallest absolute Gasteiger partial charge is 0.410 e. The molecule has 66 heavy (non-hydrogen) atoms. The van der Waals surface area contributed by atoms with E-state index in [2.05, 4.69) is 36.9 Å². The summed E-state index contributed by atoms with van der Waals surface area (Å²) >= 11 is 7.87. The van der Waals surface area contributed by atoms with Gasteiger partial charge in [0.15, 0.2) is 0 Å². The van der Waals surface area contributed by atoms with Gasteiger partial charge in [0.25, 0.3) is 0 Å². The highest BCUT2D eigenvalue weighted by molar-refractivity contribution is 7.98. The lowest BCUT2D eigenvalue weighted by atomic mass is 9.55. The van der Waals surface area contributed by atoms with Crippen molar-refractivity contribution in [1.29, 1.82) is 0 Å². The molecule has 13 heteroatoms. The Morgan fingerprint density at radius 1 is 0.985 bits per heavy atom. The number of benzene rings is 4. The van der Waals surface area contributed by atoms with E-state index in [9.17, 15) is 15.0 Å². The number of amides is 1. The molecule has 352 valence electrons. The Morgan fingerprint density at radius 2 is 1.77 bits per heavy atom. The minimum atomic E-state index is -1.48. The van der Waals surface area contributed by atoms with Crippen LogP contribution in [0.5, 0.6) is 17.2 Å². The molecule has 8 rings (SSSR count). The molecule has 2 N–H and O–H groups in total. The lowest BCUT2D eigenvalue weighted by Gasteiger charge is -2.60. The van der Waals surface area contributed by atoms with Gasteiger partial charge in [-0.25, -0.2) is 4.79 Å². The standard InChI is InChI=1S/C53H63ClN2O9S/c1-3-29-62-53-48(56(52(59)61-31-26-54)35-38-16-12-15-36-13-4-5-17-42(36)38)34-46(55-65-49-19-8-11-30-60-49)44-32-37(14-6-9-27-57)43(18-7-10-28-58)50(51(44)53)45-33-40(22-25-47(45)64-53)63-39-20-23-41(66-2)24-21-39/h3-5,12-13,15-17,20-25,32-33,37,43,48-51,57-58H,1,6-11,14,18-19,26-31,34-35H2,2H3. The highest BCUT2D eigenvalue weighted by atomic mass is 35.5. The van der Waals surface area contributed by atoms with Crippen molar-refractivity contribution in [3.05, 3.63) is 120 Å². The second kappa shape index (κ2) is 23.0. The van der Waals surface area contributed by atoms with Gasteiger partial charge in [0, 0.05) is 42.4 Å².